The fourth-order valence-corrected chi connectivity index (χ4v) is 9.49. The number of hydrogen-bond donors (Lipinski definition) is 0. The van der Waals surface area contributed by atoms with E-state index in [2.05, 4.69) is 241 Å². The normalized spacial score (nSPS) is 11.7. The maximum atomic E-state index is 2.39. The SMILES string of the molecule is CCCCCCCCc1ccc(N(c2ccccc2)c2ccc(-c3ccc(N(c4ccc(-c5ccc(-c6ccccc6)cc5)cc4)c4cccc(-c5ccc6c(c5)CC6)c4)cc3)cc2)cc1. The molecule has 0 atom stereocenters. The van der Waals surface area contributed by atoms with Crippen molar-refractivity contribution in [2.75, 3.05) is 9.80 Å². The van der Waals surface area contributed by atoms with E-state index in [1.165, 1.54) is 118 Å². The maximum Gasteiger partial charge on any atom is 0.0467 e. The van der Waals surface area contributed by atoms with Crippen molar-refractivity contribution in [3.05, 3.63) is 241 Å². The molecule has 0 radical (unpaired) electrons. The van der Waals surface area contributed by atoms with E-state index in [0.717, 1.165) is 34.9 Å². The molecule has 1 aliphatic rings. The summed E-state index contributed by atoms with van der Waals surface area (Å²) in [5.41, 5.74) is 20.9. The molecule has 0 saturated heterocycles. The molecular formula is C64H58N2. The lowest BCUT2D eigenvalue weighted by Gasteiger charge is -2.27. The maximum absolute atomic E-state index is 2.39. The highest BCUT2D eigenvalue weighted by atomic mass is 15.1. The summed E-state index contributed by atoms with van der Waals surface area (Å²) in [6.45, 7) is 2.28. The molecule has 324 valence electrons. The zero-order chi connectivity index (χ0) is 44.5. The van der Waals surface area contributed by atoms with Gasteiger partial charge in [-0.05, 0) is 160 Å². The second kappa shape index (κ2) is 20.2. The number of hydrogen-bond acceptors (Lipinski definition) is 2. The highest BCUT2D eigenvalue weighted by Gasteiger charge is 2.18. The number of benzene rings is 9. The lowest BCUT2D eigenvalue weighted by Crippen LogP contribution is -2.10. The van der Waals surface area contributed by atoms with Crippen molar-refractivity contribution >= 4 is 34.1 Å². The van der Waals surface area contributed by atoms with Crippen LogP contribution in [0, 0.1) is 0 Å². The first-order valence-electron chi connectivity index (χ1n) is 24.1. The van der Waals surface area contributed by atoms with Crippen LogP contribution in [0.5, 0.6) is 0 Å². The van der Waals surface area contributed by atoms with Crippen LogP contribution < -0.4 is 9.80 Å². The van der Waals surface area contributed by atoms with Crippen molar-refractivity contribution < 1.29 is 0 Å². The second-order valence-corrected chi connectivity index (χ2v) is 17.8. The van der Waals surface area contributed by atoms with E-state index in [9.17, 15) is 0 Å². The Morgan fingerprint density at radius 2 is 0.667 bits per heavy atom. The summed E-state index contributed by atoms with van der Waals surface area (Å²) in [6, 6.07) is 82.5. The lowest BCUT2D eigenvalue weighted by atomic mass is 9.86. The zero-order valence-corrected chi connectivity index (χ0v) is 38.1. The fourth-order valence-electron chi connectivity index (χ4n) is 9.49. The highest BCUT2D eigenvalue weighted by Crippen LogP contribution is 2.40. The van der Waals surface area contributed by atoms with Gasteiger partial charge in [-0.25, -0.2) is 0 Å². The van der Waals surface area contributed by atoms with Gasteiger partial charge in [0.05, 0.1) is 0 Å². The van der Waals surface area contributed by atoms with Crippen LogP contribution in [0.2, 0.25) is 0 Å². The van der Waals surface area contributed by atoms with E-state index in [1.54, 1.807) is 0 Å². The van der Waals surface area contributed by atoms with Gasteiger partial charge in [-0.2, -0.15) is 0 Å². The smallest absolute Gasteiger partial charge is 0.0467 e. The van der Waals surface area contributed by atoms with Gasteiger partial charge in [-0.1, -0.05) is 191 Å². The molecule has 0 heterocycles. The van der Waals surface area contributed by atoms with Crippen LogP contribution in [0.1, 0.15) is 62.1 Å². The summed E-state index contributed by atoms with van der Waals surface area (Å²) < 4.78 is 0. The predicted octanol–water partition coefficient (Wildman–Crippen LogP) is 18.3. The van der Waals surface area contributed by atoms with Gasteiger partial charge in [0, 0.05) is 34.1 Å². The molecule has 0 amide bonds. The molecule has 2 nitrogen and oxygen atoms in total. The Morgan fingerprint density at radius 1 is 0.288 bits per heavy atom. The van der Waals surface area contributed by atoms with E-state index in [1.807, 2.05) is 0 Å². The molecule has 10 rings (SSSR count). The van der Waals surface area contributed by atoms with Crippen LogP contribution >= 0.6 is 0 Å². The van der Waals surface area contributed by atoms with E-state index in [0.29, 0.717) is 0 Å². The summed E-state index contributed by atoms with van der Waals surface area (Å²) >= 11 is 0. The second-order valence-electron chi connectivity index (χ2n) is 17.8. The van der Waals surface area contributed by atoms with Crippen molar-refractivity contribution in [3.63, 3.8) is 0 Å². The molecule has 0 fully saturated rings. The minimum atomic E-state index is 1.11. The number of fused-ring (bicyclic) bond motifs is 1. The van der Waals surface area contributed by atoms with Crippen LogP contribution in [0.3, 0.4) is 0 Å². The van der Waals surface area contributed by atoms with Crippen LogP contribution in [-0.2, 0) is 19.3 Å². The Labute approximate surface area is 392 Å². The molecule has 0 bridgehead atoms. The van der Waals surface area contributed by atoms with E-state index in [-0.39, 0.29) is 0 Å². The van der Waals surface area contributed by atoms with Crippen molar-refractivity contribution in [3.8, 4) is 44.5 Å². The van der Waals surface area contributed by atoms with Gasteiger partial charge in [0.2, 0.25) is 0 Å². The standard InChI is InChI=1S/C64H58N2/c1-2-3-4-5-6-9-15-48-22-38-60(39-23-48)65(59-19-12-8-13-20-59)61-40-32-53(33-41-61)54-36-44-63(45-37-54)66(64-21-14-18-56(47-64)58-31-29-55-28-30-57(55)46-58)62-42-34-52(35-43-62)51-26-24-50(25-27-51)49-16-10-7-11-17-49/h7-8,10-14,16-27,29,31-47H,2-6,9,15,28,30H2,1H3. The third-order valence-corrected chi connectivity index (χ3v) is 13.4. The molecule has 0 N–H and O–H groups in total. The average Bonchev–Trinajstić information content (AvgIpc) is 3.37. The van der Waals surface area contributed by atoms with Crippen molar-refractivity contribution in [1.29, 1.82) is 0 Å². The van der Waals surface area contributed by atoms with E-state index >= 15 is 0 Å². The summed E-state index contributed by atoms with van der Waals surface area (Å²) in [5, 5.41) is 0. The third kappa shape index (κ3) is 9.65. The summed E-state index contributed by atoms with van der Waals surface area (Å²) in [7, 11) is 0. The Hall–Kier alpha value is -7.42. The predicted molar refractivity (Wildman–Crippen MR) is 282 cm³/mol. The molecule has 0 unspecified atom stereocenters. The first-order chi connectivity index (χ1) is 32.7. The number of anilines is 6. The largest absolute Gasteiger partial charge is 0.311 e. The number of aryl methyl sites for hydroxylation is 3. The first kappa shape index (κ1) is 42.5. The lowest BCUT2D eigenvalue weighted by molar-refractivity contribution is 0.607. The summed E-state index contributed by atoms with van der Waals surface area (Å²) in [5.74, 6) is 0. The van der Waals surface area contributed by atoms with Gasteiger partial charge >= 0.3 is 0 Å². The van der Waals surface area contributed by atoms with Gasteiger partial charge in [0.15, 0.2) is 0 Å². The number of rotatable bonds is 17. The Bertz CT molecular complexity index is 2950. The fraction of sp³-hybridized carbons (Fsp3) is 0.156. The van der Waals surface area contributed by atoms with Gasteiger partial charge in [-0.15, -0.1) is 0 Å². The molecule has 0 spiro atoms. The minimum absolute atomic E-state index is 1.11. The van der Waals surface area contributed by atoms with Gasteiger partial charge in [-0.3, -0.25) is 0 Å². The van der Waals surface area contributed by atoms with Crippen LogP contribution in [0.25, 0.3) is 44.5 Å². The minimum Gasteiger partial charge on any atom is -0.311 e. The Kier molecular flexibility index (Phi) is 13.0. The quantitative estimate of drug-likeness (QED) is 0.0842. The molecular weight excluding hydrogens is 797 g/mol. The Morgan fingerprint density at radius 3 is 1.18 bits per heavy atom. The molecule has 0 saturated carbocycles. The number of para-hydroxylation sites is 1. The van der Waals surface area contributed by atoms with E-state index < -0.39 is 0 Å². The average molecular weight is 855 g/mol. The van der Waals surface area contributed by atoms with Crippen molar-refractivity contribution in [1.82, 2.24) is 0 Å². The molecule has 2 heteroatoms. The summed E-state index contributed by atoms with van der Waals surface area (Å²) in [4.78, 5) is 4.75. The van der Waals surface area contributed by atoms with Gasteiger partial charge in [0.1, 0.15) is 0 Å². The van der Waals surface area contributed by atoms with Gasteiger partial charge < -0.3 is 9.80 Å². The third-order valence-electron chi connectivity index (χ3n) is 13.4. The molecule has 0 aromatic heterocycles. The monoisotopic (exact) mass is 854 g/mol. The van der Waals surface area contributed by atoms with Crippen LogP contribution in [0.15, 0.2) is 224 Å². The van der Waals surface area contributed by atoms with E-state index in [4.69, 9.17) is 0 Å². The number of unbranched alkanes of at least 4 members (excludes halogenated alkanes) is 5. The Balaban J connectivity index is 0.917. The molecule has 0 aliphatic heterocycles. The van der Waals surface area contributed by atoms with Crippen LogP contribution in [-0.4, -0.2) is 0 Å². The first-order valence-corrected chi connectivity index (χ1v) is 24.1. The zero-order valence-electron chi connectivity index (χ0n) is 38.1. The topological polar surface area (TPSA) is 6.48 Å². The molecule has 9 aromatic rings. The van der Waals surface area contributed by atoms with Crippen LogP contribution in [0.4, 0.5) is 34.1 Å². The molecule has 9 aromatic carbocycles. The molecule has 1 aliphatic carbocycles. The summed E-state index contributed by atoms with van der Waals surface area (Å²) in [6.07, 6.45) is 11.4. The van der Waals surface area contributed by atoms with Crippen molar-refractivity contribution in [2.45, 2.75) is 64.7 Å². The van der Waals surface area contributed by atoms with Crippen molar-refractivity contribution in [2.24, 2.45) is 0 Å². The number of nitrogens with zero attached hydrogens (tertiary/aromatic N) is 2. The highest BCUT2D eigenvalue weighted by molar-refractivity contribution is 5.84. The van der Waals surface area contributed by atoms with Gasteiger partial charge in [0.25, 0.3) is 0 Å². The molecule has 66 heavy (non-hydrogen) atoms.